The fourth-order valence-electron chi connectivity index (χ4n) is 2.32. The highest BCUT2D eigenvalue weighted by atomic mass is 16.7. The number of nitrogens with zero attached hydrogens (tertiary/aromatic N) is 3. The van der Waals surface area contributed by atoms with E-state index in [2.05, 4.69) is 20.3 Å². The molecule has 0 fully saturated rings. The molecule has 4 rings (SSSR count). The van der Waals surface area contributed by atoms with E-state index in [4.69, 9.17) is 9.47 Å². The van der Waals surface area contributed by atoms with Crippen molar-refractivity contribution < 1.29 is 14.3 Å². The van der Waals surface area contributed by atoms with E-state index in [0.717, 1.165) is 11.3 Å². The minimum Gasteiger partial charge on any atom is -0.454 e. The van der Waals surface area contributed by atoms with Crippen LogP contribution < -0.4 is 14.8 Å². The number of carbonyl (C=O) groups excluding carboxylic acids is 1. The van der Waals surface area contributed by atoms with E-state index < -0.39 is 0 Å². The molecule has 7 heteroatoms. The van der Waals surface area contributed by atoms with E-state index in [1.165, 1.54) is 6.20 Å². The Morgan fingerprint density at radius 3 is 2.91 bits per heavy atom. The lowest BCUT2D eigenvalue weighted by Crippen LogP contribution is -2.23. The van der Waals surface area contributed by atoms with Crippen LogP contribution in [0.15, 0.2) is 42.9 Å². The number of rotatable bonds is 3. The molecule has 7 nitrogen and oxygen atoms in total. The predicted molar refractivity (Wildman–Crippen MR) is 81.1 cm³/mol. The summed E-state index contributed by atoms with van der Waals surface area (Å²) in [5, 5.41) is 2.85. The van der Waals surface area contributed by atoms with Gasteiger partial charge in [-0.2, -0.15) is 0 Å². The lowest BCUT2D eigenvalue weighted by molar-refractivity contribution is 0.0950. The van der Waals surface area contributed by atoms with E-state index >= 15 is 0 Å². The first-order chi connectivity index (χ1) is 11.3. The number of amides is 1. The van der Waals surface area contributed by atoms with Crippen LogP contribution in [0.4, 0.5) is 0 Å². The third-order valence-electron chi connectivity index (χ3n) is 3.48. The maximum absolute atomic E-state index is 12.2. The van der Waals surface area contributed by atoms with Crippen molar-refractivity contribution in [3.8, 4) is 11.5 Å². The summed E-state index contributed by atoms with van der Waals surface area (Å²) >= 11 is 0. The Labute approximate surface area is 131 Å². The van der Waals surface area contributed by atoms with Crippen molar-refractivity contribution in [3.63, 3.8) is 0 Å². The normalized spacial score (nSPS) is 12.3. The second kappa shape index (κ2) is 5.53. The van der Waals surface area contributed by atoms with Gasteiger partial charge in [-0.1, -0.05) is 6.07 Å². The summed E-state index contributed by atoms with van der Waals surface area (Å²) in [5.74, 6) is 1.19. The van der Waals surface area contributed by atoms with Gasteiger partial charge in [-0.15, -0.1) is 0 Å². The standard InChI is InChI=1S/C16H12N4O3/c21-16(11-6-12-15(19-8-11)18-4-3-17-12)20-7-10-1-2-13-14(5-10)23-9-22-13/h1-6,8H,7,9H2,(H,20,21). The van der Waals surface area contributed by atoms with Gasteiger partial charge in [0, 0.05) is 25.1 Å². The SMILES string of the molecule is O=C(NCc1ccc2c(c1)OCO2)c1cnc2nccnc2c1. The summed E-state index contributed by atoms with van der Waals surface area (Å²) in [6.07, 6.45) is 4.62. The molecule has 3 aromatic rings. The largest absolute Gasteiger partial charge is 0.454 e. The maximum atomic E-state index is 12.2. The first kappa shape index (κ1) is 13.4. The van der Waals surface area contributed by atoms with Crippen LogP contribution in [0.5, 0.6) is 11.5 Å². The maximum Gasteiger partial charge on any atom is 0.253 e. The van der Waals surface area contributed by atoms with Gasteiger partial charge in [-0.05, 0) is 23.8 Å². The molecule has 23 heavy (non-hydrogen) atoms. The molecule has 3 heterocycles. The number of pyridine rings is 1. The molecular weight excluding hydrogens is 296 g/mol. The zero-order chi connectivity index (χ0) is 15.6. The highest BCUT2D eigenvalue weighted by Crippen LogP contribution is 2.32. The minimum atomic E-state index is -0.220. The van der Waals surface area contributed by atoms with Crippen LogP contribution >= 0.6 is 0 Å². The van der Waals surface area contributed by atoms with Crippen molar-refractivity contribution in [2.45, 2.75) is 6.54 Å². The fraction of sp³-hybridized carbons (Fsp3) is 0.125. The van der Waals surface area contributed by atoms with Crippen molar-refractivity contribution in [1.29, 1.82) is 0 Å². The van der Waals surface area contributed by atoms with E-state index in [1.54, 1.807) is 18.5 Å². The lowest BCUT2D eigenvalue weighted by Gasteiger charge is -2.06. The van der Waals surface area contributed by atoms with Crippen LogP contribution in [0.1, 0.15) is 15.9 Å². The van der Waals surface area contributed by atoms with Gasteiger partial charge in [0.1, 0.15) is 5.52 Å². The molecule has 0 atom stereocenters. The van der Waals surface area contributed by atoms with Crippen LogP contribution in [-0.2, 0) is 6.54 Å². The Morgan fingerprint density at radius 2 is 1.96 bits per heavy atom. The third kappa shape index (κ3) is 2.64. The number of hydrogen-bond donors (Lipinski definition) is 1. The molecule has 0 unspecified atom stereocenters. The molecule has 0 spiro atoms. The molecule has 0 radical (unpaired) electrons. The molecule has 0 saturated heterocycles. The van der Waals surface area contributed by atoms with Crippen LogP contribution in [0.25, 0.3) is 11.2 Å². The third-order valence-corrected chi connectivity index (χ3v) is 3.48. The number of benzene rings is 1. The molecule has 1 aromatic carbocycles. The molecule has 1 aliphatic rings. The number of carbonyl (C=O) groups is 1. The van der Waals surface area contributed by atoms with Gasteiger partial charge in [0.15, 0.2) is 17.1 Å². The molecule has 0 saturated carbocycles. The Hall–Kier alpha value is -3.22. The summed E-state index contributed by atoms with van der Waals surface area (Å²) in [6.45, 7) is 0.614. The molecule has 1 amide bonds. The quantitative estimate of drug-likeness (QED) is 0.792. The van der Waals surface area contributed by atoms with Crippen molar-refractivity contribution in [2.24, 2.45) is 0 Å². The number of fused-ring (bicyclic) bond motifs is 2. The van der Waals surface area contributed by atoms with Crippen molar-refractivity contribution in [3.05, 3.63) is 54.0 Å². The average Bonchev–Trinajstić information content (AvgIpc) is 3.07. The first-order valence-corrected chi connectivity index (χ1v) is 7.03. The molecule has 0 bridgehead atoms. The van der Waals surface area contributed by atoms with Gasteiger partial charge in [0.25, 0.3) is 5.91 Å². The summed E-state index contributed by atoms with van der Waals surface area (Å²) in [5.41, 5.74) is 2.47. The fourth-order valence-corrected chi connectivity index (χ4v) is 2.32. The highest BCUT2D eigenvalue weighted by Gasteiger charge is 2.14. The van der Waals surface area contributed by atoms with Crippen LogP contribution in [0, 0.1) is 0 Å². The highest BCUT2D eigenvalue weighted by molar-refractivity contribution is 5.96. The molecule has 1 N–H and O–H groups in total. The van der Waals surface area contributed by atoms with Gasteiger partial charge in [-0.3, -0.25) is 9.78 Å². The minimum absolute atomic E-state index is 0.220. The predicted octanol–water partition coefficient (Wildman–Crippen LogP) is 1.68. The summed E-state index contributed by atoms with van der Waals surface area (Å²) in [6, 6.07) is 7.24. The van der Waals surface area contributed by atoms with E-state index in [1.807, 2.05) is 18.2 Å². The van der Waals surface area contributed by atoms with Crippen molar-refractivity contribution >= 4 is 17.1 Å². The Balaban J connectivity index is 1.48. The Morgan fingerprint density at radius 1 is 1.09 bits per heavy atom. The molecular formula is C16H12N4O3. The summed E-state index contributed by atoms with van der Waals surface area (Å²) in [7, 11) is 0. The van der Waals surface area contributed by atoms with Gasteiger partial charge in [0.05, 0.1) is 5.56 Å². The second-order valence-corrected chi connectivity index (χ2v) is 4.99. The smallest absolute Gasteiger partial charge is 0.253 e. The average molecular weight is 308 g/mol. The zero-order valence-corrected chi connectivity index (χ0v) is 12.0. The van der Waals surface area contributed by atoms with Crippen LogP contribution in [0.3, 0.4) is 0 Å². The van der Waals surface area contributed by atoms with Crippen LogP contribution in [-0.4, -0.2) is 27.7 Å². The molecule has 2 aromatic heterocycles. The summed E-state index contributed by atoms with van der Waals surface area (Å²) in [4.78, 5) is 24.6. The molecule has 114 valence electrons. The van der Waals surface area contributed by atoms with Gasteiger partial charge in [0.2, 0.25) is 6.79 Å². The zero-order valence-electron chi connectivity index (χ0n) is 12.0. The van der Waals surface area contributed by atoms with Crippen molar-refractivity contribution in [1.82, 2.24) is 20.3 Å². The van der Waals surface area contributed by atoms with E-state index in [9.17, 15) is 4.79 Å². The second-order valence-electron chi connectivity index (χ2n) is 4.99. The summed E-state index contributed by atoms with van der Waals surface area (Å²) < 4.78 is 10.6. The number of nitrogens with one attached hydrogen (secondary N) is 1. The number of hydrogen-bond acceptors (Lipinski definition) is 6. The van der Waals surface area contributed by atoms with E-state index in [0.29, 0.717) is 29.0 Å². The first-order valence-electron chi connectivity index (χ1n) is 7.03. The van der Waals surface area contributed by atoms with Crippen LogP contribution in [0.2, 0.25) is 0 Å². The Kier molecular flexibility index (Phi) is 3.23. The van der Waals surface area contributed by atoms with Gasteiger partial charge in [-0.25, -0.2) is 9.97 Å². The van der Waals surface area contributed by atoms with Crippen molar-refractivity contribution in [2.75, 3.05) is 6.79 Å². The topological polar surface area (TPSA) is 86.2 Å². The monoisotopic (exact) mass is 308 g/mol. The van der Waals surface area contributed by atoms with Gasteiger partial charge < -0.3 is 14.8 Å². The van der Waals surface area contributed by atoms with E-state index in [-0.39, 0.29) is 12.7 Å². The Bertz CT molecular complexity index is 897. The number of aromatic nitrogens is 3. The van der Waals surface area contributed by atoms with Gasteiger partial charge >= 0.3 is 0 Å². The molecule has 0 aliphatic carbocycles. The number of ether oxygens (including phenoxy) is 2. The lowest BCUT2D eigenvalue weighted by atomic mass is 10.2. The molecule has 1 aliphatic heterocycles.